The molecule has 37 heavy (non-hydrogen) atoms. The number of anilines is 2. The van der Waals surface area contributed by atoms with E-state index in [2.05, 4.69) is 44.8 Å². The van der Waals surface area contributed by atoms with Crippen molar-refractivity contribution in [3.63, 3.8) is 0 Å². The number of aromatic nitrogens is 7. The molecule has 3 atom stereocenters. The Balaban J connectivity index is 1.32. The Labute approximate surface area is 212 Å². The minimum Gasteiger partial charge on any atom is -0.441 e. The van der Waals surface area contributed by atoms with Crippen LogP contribution in [0.15, 0.2) is 36.9 Å². The molecule has 0 aliphatic carbocycles. The standard InChI is InChI=1S/C24H30FN9O3/c1-13(2)10-33-11-15(9-27-33)16-8-20-26-5-6-34(20)23(29-16)30-19-7-17(31-32-19)22-21(25)18(12-36-22)37-24(35)28-14(3)4/h5-9,11,13-14,18,21-22H,10,12H2,1-4H3,(H,28,35)(H2,29,30,31,32)/t18-,21-,22-/m0/s1. The summed E-state index contributed by atoms with van der Waals surface area (Å²) in [5.41, 5.74) is 2.68. The molecule has 3 N–H and O–H groups in total. The van der Waals surface area contributed by atoms with Crippen molar-refractivity contribution in [1.82, 2.24) is 39.7 Å². The molecular weight excluding hydrogens is 481 g/mol. The lowest BCUT2D eigenvalue weighted by Crippen LogP contribution is -2.36. The topological polar surface area (TPSA) is 136 Å². The summed E-state index contributed by atoms with van der Waals surface area (Å²) in [7, 11) is 0. The van der Waals surface area contributed by atoms with Crippen LogP contribution in [0.25, 0.3) is 16.9 Å². The zero-order valence-electron chi connectivity index (χ0n) is 21.1. The van der Waals surface area contributed by atoms with Crippen molar-refractivity contribution >= 4 is 23.5 Å². The molecule has 12 nitrogen and oxygen atoms in total. The van der Waals surface area contributed by atoms with Gasteiger partial charge in [0.15, 0.2) is 18.1 Å². The van der Waals surface area contributed by atoms with Crippen molar-refractivity contribution in [3.05, 3.63) is 42.6 Å². The van der Waals surface area contributed by atoms with Crippen LogP contribution in [0.1, 0.15) is 39.5 Å². The van der Waals surface area contributed by atoms with E-state index in [1.807, 2.05) is 16.9 Å². The predicted molar refractivity (Wildman–Crippen MR) is 133 cm³/mol. The van der Waals surface area contributed by atoms with E-state index >= 15 is 4.39 Å². The van der Waals surface area contributed by atoms with Crippen LogP contribution in [0.2, 0.25) is 0 Å². The van der Waals surface area contributed by atoms with Gasteiger partial charge in [0.2, 0.25) is 5.95 Å². The molecular formula is C24H30FN9O3. The van der Waals surface area contributed by atoms with Crippen LogP contribution < -0.4 is 10.6 Å². The maximum absolute atomic E-state index is 15.0. The average molecular weight is 512 g/mol. The van der Waals surface area contributed by atoms with Crippen molar-refractivity contribution in [2.45, 2.75) is 58.7 Å². The van der Waals surface area contributed by atoms with Gasteiger partial charge in [-0.05, 0) is 19.8 Å². The van der Waals surface area contributed by atoms with Crippen molar-refractivity contribution < 1.29 is 18.7 Å². The first kappa shape index (κ1) is 24.7. The molecule has 0 radical (unpaired) electrons. The van der Waals surface area contributed by atoms with Gasteiger partial charge in [0, 0.05) is 48.9 Å². The fourth-order valence-electron chi connectivity index (χ4n) is 4.14. The van der Waals surface area contributed by atoms with Gasteiger partial charge >= 0.3 is 6.09 Å². The second-order valence-corrected chi connectivity index (χ2v) is 9.74. The minimum atomic E-state index is -1.55. The van der Waals surface area contributed by atoms with Gasteiger partial charge in [0.05, 0.1) is 24.2 Å². The second-order valence-electron chi connectivity index (χ2n) is 9.74. The van der Waals surface area contributed by atoms with Crippen molar-refractivity contribution in [1.29, 1.82) is 0 Å². The van der Waals surface area contributed by atoms with Crippen LogP contribution in [-0.4, -0.2) is 65.4 Å². The number of halogens is 1. The van der Waals surface area contributed by atoms with Crippen LogP contribution in [0, 0.1) is 5.92 Å². The Bertz CT molecular complexity index is 1380. The van der Waals surface area contributed by atoms with Gasteiger partial charge in [-0.25, -0.2) is 19.2 Å². The smallest absolute Gasteiger partial charge is 0.407 e. The van der Waals surface area contributed by atoms with Gasteiger partial charge in [-0.1, -0.05) is 13.8 Å². The third kappa shape index (κ3) is 5.40. The number of aromatic amines is 1. The van der Waals surface area contributed by atoms with E-state index in [1.165, 1.54) is 0 Å². The van der Waals surface area contributed by atoms with Gasteiger partial charge < -0.3 is 20.1 Å². The van der Waals surface area contributed by atoms with Gasteiger partial charge in [0.1, 0.15) is 11.8 Å². The summed E-state index contributed by atoms with van der Waals surface area (Å²) >= 11 is 0. The number of amides is 1. The number of carbonyl (C=O) groups is 1. The lowest BCUT2D eigenvalue weighted by atomic mass is 10.1. The van der Waals surface area contributed by atoms with E-state index in [9.17, 15) is 4.79 Å². The number of nitrogens with one attached hydrogen (secondary N) is 3. The number of alkyl carbamates (subject to hydrolysis) is 1. The van der Waals surface area contributed by atoms with Crippen LogP contribution in [0.5, 0.6) is 0 Å². The highest BCUT2D eigenvalue weighted by molar-refractivity contribution is 5.68. The number of ether oxygens (including phenoxy) is 2. The number of hydrogen-bond donors (Lipinski definition) is 3. The number of rotatable bonds is 8. The van der Waals surface area contributed by atoms with Crippen LogP contribution >= 0.6 is 0 Å². The molecule has 1 fully saturated rings. The fraction of sp³-hybridized carbons (Fsp3) is 0.458. The van der Waals surface area contributed by atoms with Crippen LogP contribution in [0.3, 0.4) is 0 Å². The Morgan fingerprint density at radius 3 is 2.95 bits per heavy atom. The first-order chi connectivity index (χ1) is 17.8. The molecule has 1 saturated heterocycles. The molecule has 4 aromatic heterocycles. The van der Waals surface area contributed by atoms with Crippen molar-refractivity contribution in [3.8, 4) is 11.3 Å². The Morgan fingerprint density at radius 1 is 1.32 bits per heavy atom. The Kier molecular flexibility index (Phi) is 6.78. The number of fused-ring (bicyclic) bond motifs is 1. The fourth-order valence-corrected chi connectivity index (χ4v) is 4.14. The van der Waals surface area contributed by atoms with E-state index in [0.717, 1.165) is 12.1 Å². The van der Waals surface area contributed by atoms with Gasteiger partial charge in [-0.3, -0.25) is 14.2 Å². The third-order valence-electron chi connectivity index (χ3n) is 5.76. The van der Waals surface area contributed by atoms with E-state index in [0.29, 0.717) is 34.7 Å². The van der Waals surface area contributed by atoms with E-state index in [4.69, 9.17) is 14.5 Å². The molecule has 0 spiro atoms. The summed E-state index contributed by atoms with van der Waals surface area (Å²) in [6, 6.07) is 3.41. The molecule has 13 heteroatoms. The Hall–Kier alpha value is -4.00. The second kappa shape index (κ2) is 10.2. The summed E-state index contributed by atoms with van der Waals surface area (Å²) < 4.78 is 29.5. The molecule has 0 aromatic carbocycles. The van der Waals surface area contributed by atoms with E-state index in [1.54, 1.807) is 42.9 Å². The highest BCUT2D eigenvalue weighted by Crippen LogP contribution is 2.33. The maximum Gasteiger partial charge on any atom is 0.407 e. The summed E-state index contributed by atoms with van der Waals surface area (Å²) in [4.78, 5) is 21.0. The molecule has 0 saturated carbocycles. The zero-order valence-corrected chi connectivity index (χ0v) is 21.1. The van der Waals surface area contributed by atoms with Crippen LogP contribution in [-0.2, 0) is 16.0 Å². The number of alkyl halides is 1. The molecule has 5 rings (SSSR count). The summed E-state index contributed by atoms with van der Waals surface area (Å²) in [6.07, 6.45) is 3.02. The summed E-state index contributed by atoms with van der Waals surface area (Å²) in [5, 5.41) is 17.3. The summed E-state index contributed by atoms with van der Waals surface area (Å²) in [5.74, 6) is 1.37. The van der Waals surface area contributed by atoms with Crippen molar-refractivity contribution in [2.24, 2.45) is 5.92 Å². The van der Waals surface area contributed by atoms with Crippen molar-refractivity contribution in [2.75, 3.05) is 11.9 Å². The van der Waals surface area contributed by atoms with E-state index in [-0.39, 0.29) is 12.6 Å². The molecule has 0 unspecified atom stereocenters. The van der Waals surface area contributed by atoms with Gasteiger partial charge in [-0.15, -0.1) is 0 Å². The lowest BCUT2D eigenvalue weighted by Gasteiger charge is -2.16. The Morgan fingerprint density at radius 2 is 2.16 bits per heavy atom. The highest BCUT2D eigenvalue weighted by atomic mass is 19.1. The first-order valence-electron chi connectivity index (χ1n) is 12.2. The quantitative estimate of drug-likeness (QED) is 0.326. The molecule has 5 heterocycles. The normalized spacial score (nSPS) is 19.7. The zero-order chi connectivity index (χ0) is 26.1. The molecule has 0 bridgehead atoms. The number of imidazole rings is 1. The number of carbonyl (C=O) groups excluding carboxylic acids is 1. The maximum atomic E-state index is 15.0. The van der Waals surface area contributed by atoms with Gasteiger partial charge in [0.25, 0.3) is 0 Å². The lowest BCUT2D eigenvalue weighted by molar-refractivity contribution is 0.0615. The number of H-pyrrole nitrogens is 1. The molecule has 4 aromatic rings. The van der Waals surface area contributed by atoms with Gasteiger partial charge in [-0.2, -0.15) is 10.2 Å². The summed E-state index contributed by atoms with van der Waals surface area (Å²) in [6.45, 7) is 8.61. The molecule has 1 amide bonds. The number of nitrogens with zero attached hydrogens (tertiary/aromatic N) is 6. The third-order valence-corrected chi connectivity index (χ3v) is 5.76. The minimum absolute atomic E-state index is 0.0527. The highest BCUT2D eigenvalue weighted by Gasteiger charge is 2.42. The number of hydrogen-bond acceptors (Lipinski definition) is 8. The first-order valence-corrected chi connectivity index (χ1v) is 12.2. The molecule has 196 valence electrons. The SMILES string of the molecule is CC(C)Cn1cc(-c2cc3nccn3c(Nc3cc([C@@H]4OC[C@H](OC(=O)NC(C)C)[C@@H]4F)[nH]n3)n2)cn1. The van der Waals surface area contributed by atoms with E-state index < -0.39 is 24.5 Å². The molecule has 1 aliphatic rings. The molecule has 1 aliphatic heterocycles. The largest absolute Gasteiger partial charge is 0.441 e. The average Bonchev–Trinajstić information content (AvgIpc) is 3.61. The monoisotopic (exact) mass is 511 g/mol. The van der Waals surface area contributed by atoms with Crippen LogP contribution in [0.4, 0.5) is 21.0 Å². The predicted octanol–water partition coefficient (Wildman–Crippen LogP) is 3.63.